The van der Waals surface area contributed by atoms with Gasteiger partial charge in [-0.1, -0.05) is 18.9 Å². The number of piperidine rings is 2. The van der Waals surface area contributed by atoms with Gasteiger partial charge in [-0.15, -0.1) is 0 Å². The van der Waals surface area contributed by atoms with Gasteiger partial charge in [-0.25, -0.2) is 4.39 Å². The van der Waals surface area contributed by atoms with E-state index < -0.39 is 0 Å². The number of amides is 1. The van der Waals surface area contributed by atoms with Crippen molar-refractivity contribution in [3.8, 4) is 5.75 Å². The molecule has 1 amide bonds. The van der Waals surface area contributed by atoms with E-state index in [0.717, 1.165) is 38.0 Å². The van der Waals surface area contributed by atoms with Gasteiger partial charge in [0.1, 0.15) is 0 Å². The summed E-state index contributed by atoms with van der Waals surface area (Å²) in [6, 6.07) is 4.99. The molecule has 2 heterocycles. The highest BCUT2D eigenvalue weighted by atomic mass is 19.1. The molecule has 1 aromatic carbocycles. The van der Waals surface area contributed by atoms with Gasteiger partial charge in [-0.2, -0.15) is 0 Å². The van der Waals surface area contributed by atoms with Gasteiger partial charge >= 0.3 is 0 Å². The van der Waals surface area contributed by atoms with Crippen molar-refractivity contribution >= 4 is 5.91 Å². The van der Waals surface area contributed by atoms with Crippen LogP contribution in [0.25, 0.3) is 0 Å². The van der Waals surface area contributed by atoms with Gasteiger partial charge in [0.2, 0.25) is 5.91 Å². The predicted octanol–water partition coefficient (Wildman–Crippen LogP) is 3.45. The molecular formula is C21H29FN2O2. The number of nitrogens with zero attached hydrogens (tertiary/aromatic N) is 2. The summed E-state index contributed by atoms with van der Waals surface area (Å²) in [7, 11) is 1.49. The van der Waals surface area contributed by atoms with Crippen molar-refractivity contribution in [1.29, 1.82) is 0 Å². The number of likely N-dealkylation sites (tertiary alicyclic amines) is 2. The summed E-state index contributed by atoms with van der Waals surface area (Å²) in [5, 5.41) is 0. The fourth-order valence-electron chi connectivity index (χ4n) is 5.02. The molecule has 3 fully saturated rings. The van der Waals surface area contributed by atoms with Crippen LogP contribution in [-0.4, -0.2) is 48.5 Å². The molecule has 5 heteroatoms. The molecule has 26 heavy (non-hydrogen) atoms. The molecule has 3 aliphatic rings. The number of carbonyl (C=O) groups is 1. The van der Waals surface area contributed by atoms with E-state index in [4.69, 9.17) is 4.74 Å². The topological polar surface area (TPSA) is 32.8 Å². The Kier molecular flexibility index (Phi) is 5.16. The molecule has 4 rings (SSSR count). The van der Waals surface area contributed by atoms with Gasteiger partial charge in [0.25, 0.3) is 0 Å². The smallest absolute Gasteiger partial charge is 0.239 e. The maximum absolute atomic E-state index is 13.7. The molecule has 2 aliphatic heterocycles. The third kappa shape index (κ3) is 3.59. The van der Waals surface area contributed by atoms with Crippen molar-refractivity contribution in [2.45, 2.75) is 51.1 Å². The fraction of sp³-hybridized carbons (Fsp3) is 0.667. The summed E-state index contributed by atoms with van der Waals surface area (Å²) in [5.41, 5.74) is 1.00. The molecule has 2 saturated heterocycles. The monoisotopic (exact) mass is 360 g/mol. The van der Waals surface area contributed by atoms with Crippen LogP contribution < -0.4 is 4.74 Å². The molecule has 2 atom stereocenters. The Hall–Kier alpha value is -1.62. The van der Waals surface area contributed by atoms with Crippen LogP contribution in [-0.2, 0) is 11.3 Å². The van der Waals surface area contributed by atoms with Crippen molar-refractivity contribution in [3.63, 3.8) is 0 Å². The lowest BCUT2D eigenvalue weighted by atomic mass is 9.85. The quantitative estimate of drug-likeness (QED) is 0.806. The van der Waals surface area contributed by atoms with E-state index in [9.17, 15) is 9.18 Å². The Balaban J connectivity index is 1.45. The summed E-state index contributed by atoms with van der Waals surface area (Å²) in [6.07, 6.45) is 7.30. The van der Waals surface area contributed by atoms with Gasteiger partial charge in [0.05, 0.1) is 13.2 Å². The third-order valence-electron chi connectivity index (χ3n) is 6.45. The van der Waals surface area contributed by atoms with Crippen LogP contribution in [0.5, 0.6) is 5.75 Å². The molecular weight excluding hydrogens is 331 g/mol. The molecule has 1 aromatic rings. The Bertz CT molecular complexity index is 659. The van der Waals surface area contributed by atoms with Crippen LogP contribution in [0.15, 0.2) is 18.2 Å². The minimum absolute atomic E-state index is 0.0139. The van der Waals surface area contributed by atoms with E-state index in [0.29, 0.717) is 24.3 Å². The first-order chi connectivity index (χ1) is 12.6. The minimum Gasteiger partial charge on any atom is -0.494 e. The first kappa shape index (κ1) is 17.8. The van der Waals surface area contributed by atoms with E-state index in [2.05, 4.69) is 9.80 Å². The average molecular weight is 360 g/mol. The highest BCUT2D eigenvalue weighted by Gasteiger charge is 2.41. The van der Waals surface area contributed by atoms with Crippen LogP contribution in [0.2, 0.25) is 0 Å². The Labute approximate surface area is 155 Å². The van der Waals surface area contributed by atoms with Crippen molar-refractivity contribution in [2.24, 2.45) is 11.8 Å². The van der Waals surface area contributed by atoms with Gasteiger partial charge in [-0.3, -0.25) is 9.69 Å². The Morgan fingerprint density at radius 2 is 2.04 bits per heavy atom. The first-order valence-corrected chi connectivity index (χ1v) is 9.99. The van der Waals surface area contributed by atoms with Crippen molar-refractivity contribution in [3.05, 3.63) is 29.6 Å². The number of benzene rings is 1. The third-order valence-corrected chi connectivity index (χ3v) is 6.45. The van der Waals surface area contributed by atoms with Crippen LogP contribution in [0.3, 0.4) is 0 Å². The van der Waals surface area contributed by atoms with Crippen LogP contribution in [0, 0.1) is 17.7 Å². The molecule has 1 saturated carbocycles. The number of hydrogen-bond donors (Lipinski definition) is 0. The van der Waals surface area contributed by atoms with E-state index in [1.807, 2.05) is 0 Å². The summed E-state index contributed by atoms with van der Waals surface area (Å²) >= 11 is 0. The van der Waals surface area contributed by atoms with Crippen molar-refractivity contribution < 1.29 is 13.9 Å². The summed E-state index contributed by atoms with van der Waals surface area (Å²) in [6.45, 7) is 3.52. The van der Waals surface area contributed by atoms with Gasteiger partial charge in [-0.05, 0) is 61.8 Å². The first-order valence-electron chi connectivity index (χ1n) is 9.99. The minimum atomic E-state index is -0.341. The Morgan fingerprint density at radius 1 is 1.23 bits per heavy atom. The molecule has 0 aromatic heterocycles. The van der Waals surface area contributed by atoms with E-state index >= 15 is 0 Å². The standard InChI is InChI=1S/C21H29FN2O2/c1-26-20-11-16(6-7-18(20)22)13-23-9-8-17-10-19(23)21(25)24(14-17)12-15-4-2-3-5-15/h6-7,11,15,17,19H,2-5,8-10,12-14H2,1H3/t17-,19+/m0/s1. The lowest BCUT2D eigenvalue weighted by Crippen LogP contribution is -2.59. The largest absolute Gasteiger partial charge is 0.494 e. The van der Waals surface area contributed by atoms with Gasteiger partial charge < -0.3 is 9.64 Å². The van der Waals surface area contributed by atoms with Crippen LogP contribution >= 0.6 is 0 Å². The van der Waals surface area contributed by atoms with E-state index in [1.165, 1.54) is 38.9 Å². The molecule has 0 unspecified atom stereocenters. The molecule has 4 nitrogen and oxygen atoms in total. The second-order valence-corrected chi connectivity index (χ2v) is 8.24. The number of methoxy groups -OCH3 is 1. The number of rotatable bonds is 5. The Morgan fingerprint density at radius 3 is 2.81 bits per heavy atom. The number of carbonyl (C=O) groups excluding carboxylic acids is 1. The second-order valence-electron chi connectivity index (χ2n) is 8.24. The predicted molar refractivity (Wildman–Crippen MR) is 98.4 cm³/mol. The van der Waals surface area contributed by atoms with Crippen molar-refractivity contribution in [1.82, 2.24) is 9.80 Å². The number of hydrogen-bond acceptors (Lipinski definition) is 3. The van der Waals surface area contributed by atoms with E-state index in [1.54, 1.807) is 12.1 Å². The zero-order valence-corrected chi connectivity index (χ0v) is 15.6. The lowest BCUT2D eigenvalue weighted by molar-refractivity contribution is -0.146. The summed E-state index contributed by atoms with van der Waals surface area (Å²) in [4.78, 5) is 17.5. The molecule has 0 N–H and O–H groups in total. The van der Waals surface area contributed by atoms with Crippen LogP contribution in [0.4, 0.5) is 4.39 Å². The highest BCUT2D eigenvalue weighted by Crippen LogP contribution is 2.34. The van der Waals surface area contributed by atoms with Crippen molar-refractivity contribution in [2.75, 3.05) is 26.7 Å². The number of fused-ring (bicyclic) bond motifs is 2. The average Bonchev–Trinajstić information content (AvgIpc) is 3.16. The van der Waals surface area contributed by atoms with Gasteiger partial charge in [0.15, 0.2) is 11.6 Å². The summed E-state index contributed by atoms with van der Waals surface area (Å²) < 4.78 is 18.8. The molecule has 2 bridgehead atoms. The second kappa shape index (κ2) is 7.55. The summed E-state index contributed by atoms with van der Waals surface area (Å²) in [5.74, 6) is 1.58. The van der Waals surface area contributed by atoms with Crippen LogP contribution in [0.1, 0.15) is 44.1 Å². The molecule has 1 aliphatic carbocycles. The highest BCUT2D eigenvalue weighted by molar-refractivity contribution is 5.83. The van der Waals surface area contributed by atoms with E-state index in [-0.39, 0.29) is 17.6 Å². The fourth-order valence-corrected chi connectivity index (χ4v) is 5.02. The number of ether oxygens (including phenoxy) is 1. The maximum Gasteiger partial charge on any atom is 0.239 e. The zero-order chi connectivity index (χ0) is 18.1. The SMILES string of the molecule is COc1cc(CN2CC[C@H]3C[C@@H]2C(=O)N(CC2CCCC2)C3)ccc1F. The zero-order valence-electron chi connectivity index (χ0n) is 15.6. The normalized spacial score (nSPS) is 27.2. The maximum atomic E-state index is 13.7. The molecule has 0 spiro atoms. The lowest BCUT2D eigenvalue weighted by Gasteiger charge is -2.47. The molecule has 0 radical (unpaired) electrons. The number of halogens is 1. The van der Waals surface area contributed by atoms with Gasteiger partial charge in [0, 0.05) is 19.6 Å². The molecule has 142 valence electrons.